The minimum Gasteiger partial charge on any atom is -0.310 e. The van der Waals surface area contributed by atoms with Crippen LogP contribution in [0.15, 0.2) is 261 Å². The van der Waals surface area contributed by atoms with Crippen molar-refractivity contribution in [3.8, 4) is 39.1 Å². The number of allylic oxidation sites excluding steroid dienone is 4. The number of fused-ring (bicyclic) bond motifs is 4. The van der Waals surface area contributed by atoms with Crippen LogP contribution in [0.5, 0.6) is 0 Å². The zero-order chi connectivity index (χ0) is 43.8. The number of para-hydroxylation sites is 3. The second-order valence-electron chi connectivity index (χ2n) is 17.2. The standard InChI is InChI=1S/C64H46N2/c1-3-18-45(19-4-1)54-27-9-10-28-56(54)47-36-40-52(41-37-47)65(53-42-38-48(39-43-53)57-31-16-21-46-20-7-8-26-55(46)57)61-33-13-11-29-58(61)49-22-15-23-50(44-49)59-32-17-35-63-64(59)60-30-12-14-34-62(60)66(63)51-24-5-2-6-25-51/h1-21,23-44,49H,22H2. The zero-order valence-corrected chi connectivity index (χ0v) is 36.5. The number of rotatable bonds is 9. The maximum absolute atomic E-state index is 2.51. The largest absolute Gasteiger partial charge is 0.310 e. The van der Waals surface area contributed by atoms with Gasteiger partial charge in [-0.1, -0.05) is 206 Å². The molecule has 10 aromatic carbocycles. The molecule has 1 heterocycles. The molecule has 1 aliphatic carbocycles. The summed E-state index contributed by atoms with van der Waals surface area (Å²) in [6, 6.07) is 88.3. The molecular formula is C64H46N2. The Morgan fingerprint density at radius 1 is 0.394 bits per heavy atom. The number of benzene rings is 10. The maximum atomic E-state index is 2.51. The molecule has 0 saturated carbocycles. The Kier molecular flexibility index (Phi) is 10.0. The molecule has 0 bridgehead atoms. The van der Waals surface area contributed by atoms with Gasteiger partial charge >= 0.3 is 0 Å². The zero-order valence-electron chi connectivity index (χ0n) is 36.5. The lowest BCUT2D eigenvalue weighted by Gasteiger charge is -2.30. The van der Waals surface area contributed by atoms with E-state index in [1.54, 1.807) is 0 Å². The highest BCUT2D eigenvalue weighted by Gasteiger charge is 2.24. The van der Waals surface area contributed by atoms with E-state index in [2.05, 4.69) is 270 Å². The number of nitrogens with zero attached hydrogens (tertiary/aromatic N) is 2. The van der Waals surface area contributed by atoms with Crippen molar-refractivity contribution in [3.05, 3.63) is 272 Å². The highest BCUT2D eigenvalue weighted by Crippen LogP contribution is 2.45. The summed E-state index contributed by atoms with van der Waals surface area (Å²) in [5.41, 5.74) is 18.0. The summed E-state index contributed by atoms with van der Waals surface area (Å²) in [4.78, 5) is 2.45. The second kappa shape index (κ2) is 16.9. The van der Waals surface area contributed by atoms with E-state index in [1.807, 2.05) is 0 Å². The molecule has 0 radical (unpaired) electrons. The minimum absolute atomic E-state index is 0.147. The molecule has 0 spiro atoms. The summed E-state index contributed by atoms with van der Waals surface area (Å²) in [5, 5.41) is 5.05. The Morgan fingerprint density at radius 3 is 1.68 bits per heavy atom. The first-order valence-electron chi connectivity index (χ1n) is 23.0. The second-order valence-corrected chi connectivity index (χ2v) is 17.2. The lowest BCUT2D eigenvalue weighted by atomic mass is 9.85. The molecular weight excluding hydrogens is 797 g/mol. The smallest absolute Gasteiger partial charge is 0.0547 e. The van der Waals surface area contributed by atoms with Gasteiger partial charge in [0.15, 0.2) is 0 Å². The van der Waals surface area contributed by atoms with Crippen molar-refractivity contribution in [2.45, 2.75) is 12.3 Å². The molecule has 1 aliphatic rings. The van der Waals surface area contributed by atoms with Crippen LogP contribution < -0.4 is 4.90 Å². The van der Waals surface area contributed by atoms with E-state index in [1.165, 1.54) is 94.0 Å². The molecule has 0 saturated heterocycles. The number of aromatic nitrogens is 1. The molecule has 2 nitrogen and oxygen atoms in total. The van der Waals surface area contributed by atoms with Crippen LogP contribution in [0.3, 0.4) is 0 Å². The fraction of sp³-hybridized carbons (Fsp3) is 0.0312. The Bertz CT molecular complexity index is 3590. The van der Waals surface area contributed by atoms with E-state index in [9.17, 15) is 0 Å². The Labute approximate surface area is 386 Å². The first-order valence-corrected chi connectivity index (χ1v) is 23.0. The third-order valence-corrected chi connectivity index (χ3v) is 13.3. The molecule has 312 valence electrons. The summed E-state index contributed by atoms with van der Waals surface area (Å²) in [6.07, 6.45) is 8.12. The first kappa shape index (κ1) is 39.2. The highest BCUT2D eigenvalue weighted by atomic mass is 15.1. The molecule has 1 aromatic heterocycles. The van der Waals surface area contributed by atoms with Crippen LogP contribution in [0, 0.1) is 0 Å². The van der Waals surface area contributed by atoms with E-state index in [0.29, 0.717) is 0 Å². The van der Waals surface area contributed by atoms with Gasteiger partial charge in [0.2, 0.25) is 0 Å². The molecule has 11 aromatic rings. The predicted octanol–water partition coefficient (Wildman–Crippen LogP) is 17.5. The summed E-state index contributed by atoms with van der Waals surface area (Å²) in [7, 11) is 0. The van der Waals surface area contributed by atoms with Crippen LogP contribution in [-0.2, 0) is 0 Å². The maximum Gasteiger partial charge on any atom is 0.0547 e. The van der Waals surface area contributed by atoms with Gasteiger partial charge in [0.25, 0.3) is 0 Å². The SMILES string of the molecule is C1=CC(c2cccc3c2c2ccccc2n3-c2ccccc2)=CC(c2ccccc2N(c2ccc(-c3ccccc3-c3ccccc3)cc2)c2ccc(-c3cccc4ccccc34)cc2)C1. The Morgan fingerprint density at radius 2 is 0.924 bits per heavy atom. The Hall–Kier alpha value is -8.46. The van der Waals surface area contributed by atoms with Crippen molar-refractivity contribution in [3.63, 3.8) is 0 Å². The topological polar surface area (TPSA) is 8.17 Å². The van der Waals surface area contributed by atoms with Crippen LogP contribution in [0.25, 0.3) is 77.2 Å². The van der Waals surface area contributed by atoms with Crippen LogP contribution in [0.1, 0.15) is 23.5 Å². The van der Waals surface area contributed by atoms with Gasteiger partial charge in [0.1, 0.15) is 0 Å². The first-order chi connectivity index (χ1) is 32.8. The van der Waals surface area contributed by atoms with Crippen molar-refractivity contribution in [1.82, 2.24) is 4.57 Å². The summed E-state index contributed by atoms with van der Waals surface area (Å²) >= 11 is 0. The average Bonchev–Trinajstić information content (AvgIpc) is 3.74. The molecule has 1 unspecified atom stereocenters. The van der Waals surface area contributed by atoms with E-state index in [4.69, 9.17) is 0 Å². The number of hydrogen-bond donors (Lipinski definition) is 0. The van der Waals surface area contributed by atoms with Crippen molar-refractivity contribution in [1.29, 1.82) is 0 Å². The van der Waals surface area contributed by atoms with Gasteiger partial charge in [0, 0.05) is 39.4 Å². The third kappa shape index (κ3) is 7.01. The lowest BCUT2D eigenvalue weighted by molar-refractivity contribution is 0.855. The monoisotopic (exact) mass is 842 g/mol. The predicted molar refractivity (Wildman–Crippen MR) is 280 cm³/mol. The Balaban J connectivity index is 0.979. The van der Waals surface area contributed by atoms with Crippen LogP contribution >= 0.6 is 0 Å². The third-order valence-electron chi connectivity index (χ3n) is 13.3. The lowest BCUT2D eigenvalue weighted by Crippen LogP contribution is -2.14. The molecule has 0 aliphatic heterocycles. The number of anilines is 3. The van der Waals surface area contributed by atoms with Gasteiger partial charge in [-0.05, 0) is 122 Å². The van der Waals surface area contributed by atoms with E-state index >= 15 is 0 Å². The van der Waals surface area contributed by atoms with Crippen LogP contribution in [0.2, 0.25) is 0 Å². The van der Waals surface area contributed by atoms with Gasteiger partial charge in [-0.15, -0.1) is 0 Å². The highest BCUT2D eigenvalue weighted by molar-refractivity contribution is 6.14. The normalized spacial score (nSPS) is 13.6. The average molecular weight is 843 g/mol. The fourth-order valence-corrected chi connectivity index (χ4v) is 10.3. The van der Waals surface area contributed by atoms with Crippen molar-refractivity contribution < 1.29 is 0 Å². The van der Waals surface area contributed by atoms with Crippen LogP contribution in [-0.4, -0.2) is 4.57 Å². The molecule has 2 heteroatoms. The van der Waals surface area contributed by atoms with E-state index in [0.717, 1.165) is 17.8 Å². The molecule has 0 fully saturated rings. The van der Waals surface area contributed by atoms with Gasteiger partial charge in [-0.3, -0.25) is 0 Å². The van der Waals surface area contributed by atoms with Crippen molar-refractivity contribution in [2.24, 2.45) is 0 Å². The molecule has 0 amide bonds. The molecule has 1 atom stereocenters. The summed E-state index contributed by atoms with van der Waals surface area (Å²) in [5.74, 6) is 0.147. The number of hydrogen-bond acceptors (Lipinski definition) is 1. The molecule has 0 N–H and O–H groups in total. The van der Waals surface area contributed by atoms with Gasteiger partial charge in [-0.2, -0.15) is 0 Å². The van der Waals surface area contributed by atoms with Crippen molar-refractivity contribution in [2.75, 3.05) is 4.90 Å². The summed E-state index contributed by atoms with van der Waals surface area (Å²) in [6.45, 7) is 0. The van der Waals surface area contributed by atoms with Crippen molar-refractivity contribution >= 4 is 55.2 Å². The van der Waals surface area contributed by atoms with Gasteiger partial charge in [0.05, 0.1) is 11.0 Å². The van der Waals surface area contributed by atoms with Crippen LogP contribution in [0.4, 0.5) is 17.1 Å². The van der Waals surface area contributed by atoms with E-state index < -0.39 is 0 Å². The fourth-order valence-electron chi connectivity index (χ4n) is 10.3. The van der Waals surface area contributed by atoms with Gasteiger partial charge < -0.3 is 9.47 Å². The summed E-state index contributed by atoms with van der Waals surface area (Å²) < 4.78 is 2.41. The van der Waals surface area contributed by atoms with E-state index in [-0.39, 0.29) is 5.92 Å². The minimum atomic E-state index is 0.147. The quantitative estimate of drug-likeness (QED) is 0.141. The van der Waals surface area contributed by atoms with Gasteiger partial charge in [-0.25, -0.2) is 0 Å². The molecule has 66 heavy (non-hydrogen) atoms. The molecule has 12 rings (SSSR count).